The van der Waals surface area contributed by atoms with E-state index in [1.165, 1.54) is 7.11 Å². The number of halogens is 1. The molecule has 4 rings (SSSR count). The minimum atomic E-state index is -0.0959. The van der Waals surface area contributed by atoms with Gasteiger partial charge in [0.2, 0.25) is 5.91 Å². The van der Waals surface area contributed by atoms with Crippen molar-refractivity contribution in [3.63, 3.8) is 0 Å². The first-order valence-corrected chi connectivity index (χ1v) is 10.2. The number of hydrogen-bond acceptors (Lipinski definition) is 4. The number of hydrogen-bond donors (Lipinski definition) is 1. The number of ketones is 1. The lowest BCUT2D eigenvalue weighted by molar-refractivity contribution is -0.132. The molecule has 2 aromatic carbocycles. The summed E-state index contributed by atoms with van der Waals surface area (Å²) >= 11 is 6.12. The number of fused-ring (bicyclic) bond motifs is 1. The number of rotatable bonds is 6. The third-order valence-electron chi connectivity index (χ3n) is 5.36. The SMILES string of the molecule is COc1ccccc1C(=O)CCC(=O)N1CCc2[nH]nc(-c3cccc(Cl)c3)c2C1. The topological polar surface area (TPSA) is 75.3 Å². The Morgan fingerprint density at radius 2 is 2.00 bits per heavy atom. The fraction of sp³-hybridized carbons (Fsp3) is 0.261. The lowest BCUT2D eigenvalue weighted by Gasteiger charge is -2.27. The highest BCUT2D eigenvalue weighted by Crippen LogP contribution is 2.30. The summed E-state index contributed by atoms with van der Waals surface area (Å²) in [6, 6.07) is 14.6. The highest BCUT2D eigenvalue weighted by atomic mass is 35.5. The van der Waals surface area contributed by atoms with Gasteiger partial charge in [-0.1, -0.05) is 35.9 Å². The normalized spacial score (nSPS) is 13.1. The van der Waals surface area contributed by atoms with Crippen LogP contribution in [0.3, 0.4) is 0 Å². The molecule has 30 heavy (non-hydrogen) atoms. The fourth-order valence-electron chi connectivity index (χ4n) is 3.77. The van der Waals surface area contributed by atoms with Crippen molar-refractivity contribution in [2.75, 3.05) is 13.7 Å². The maximum atomic E-state index is 12.8. The number of Topliss-reactive ketones (excluding diaryl/α,β-unsaturated/α-hetero) is 1. The average molecular weight is 424 g/mol. The van der Waals surface area contributed by atoms with Crippen molar-refractivity contribution in [2.24, 2.45) is 0 Å². The maximum absolute atomic E-state index is 12.8. The molecule has 0 saturated heterocycles. The van der Waals surface area contributed by atoms with Crippen molar-refractivity contribution in [3.05, 3.63) is 70.4 Å². The second-order valence-electron chi connectivity index (χ2n) is 7.23. The van der Waals surface area contributed by atoms with Crippen LogP contribution in [0.25, 0.3) is 11.3 Å². The van der Waals surface area contributed by atoms with E-state index in [-0.39, 0.29) is 24.5 Å². The lowest BCUT2D eigenvalue weighted by atomic mass is 10.00. The molecule has 1 aliphatic rings. The van der Waals surface area contributed by atoms with Crippen LogP contribution in [-0.4, -0.2) is 40.4 Å². The van der Waals surface area contributed by atoms with E-state index in [0.717, 1.165) is 22.5 Å². The van der Waals surface area contributed by atoms with Crippen LogP contribution < -0.4 is 4.74 Å². The number of H-pyrrole nitrogens is 1. The molecule has 154 valence electrons. The molecule has 6 nitrogen and oxygen atoms in total. The van der Waals surface area contributed by atoms with E-state index in [2.05, 4.69) is 10.2 Å². The van der Waals surface area contributed by atoms with Crippen LogP contribution >= 0.6 is 11.6 Å². The Labute approximate surface area is 179 Å². The molecule has 7 heteroatoms. The monoisotopic (exact) mass is 423 g/mol. The number of carbonyl (C=O) groups is 2. The number of methoxy groups -OCH3 is 1. The van der Waals surface area contributed by atoms with Crippen molar-refractivity contribution >= 4 is 23.3 Å². The van der Waals surface area contributed by atoms with Crippen molar-refractivity contribution in [2.45, 2.75) is 25.8 Å². The number of nitrogens with zero attached hydrogens (tertiary/aromatic N) is 2. The van der Waals surface area contributed by atoms with E-state index in [0.29, 0.717) is 35.8 Å². The van der Waals surface area contributed by atoms with Gasteiger partial charge in [0.1, 0.15) is 5.75 Å². The van der Waals surface area contributed by atoms with Gasteiger partial charge in [-0.25, -0.2) is 0 Å². The zero-order valence-electron chi connectivity index (χ0n) is 16.7. The van der Waals surface area contributed by atoms with Crippen LogP contribution in [0.5, 0.6) is 5.75 Å². The first-order chi connectivity index (χ1) is 14.6. The number of amides is 1. The molecule has 1 N–H and O–H groups in total. The van der Waals surface area contributed by atoms with E-state index < -0.39 is 0 Å². The Morgan fingerprint density at radius 3 is 2.80 bits per heavy atom. The molecule has 1 amide bonds. The van der Waals surface area contributed by atoms with E-state index in [9.17, 15) is 9.59 Å². The van der Waals surface area contributed by atoms with E-state index in [4.69, 9.17) is 16.3 Å². The number of ether oxygens (including phenoxy) is 1. The van der Waals surface area contributed by atoms with Crippen LogP contribution in [0.2, 0.25) is 5.02 Å². The third-order valence-corrected chi connectivity index (χ3v) is 5.59. The minimum absolute atomic E-state index is 0.0397. The van der Waals surface area contributed by atoms with Gasteiger partial charge in [0, 0.05) is 54.2 Å². The quantitative estimate of drug-likeness (QED) is 0.600. The number of aromatic amines is 1. The maximum Gasteiger partial charge on any atom is 0.223 e. The van der Waals surface area contributed by atoms with Crippen LogP contribution in [-0.2, 0) is 17.8 Å². The second kappa shape index (κ2) is 8.71. The number of carbonyl (C=O) groups excluding carboxylic acids is 2. The molecule has 0 saturated carbocycles. The molecule has 1 aliphatic heterocycles. The van der Waals surface area contributed by atoms with Crippen molar-refractivity contribution in [1.29, 1.82) is 0 Å². The second-order valence-corrected chi connectivity index (χ2v) is 7.66. The number of para-hydroxylation sites is 1. The summed E-state index contributed by atoms with van der Waals surface area (Å²) in [6.45, 7) is 1.07. The highest BCUT2D eigenvalue weighted by Gasteiger charge is 2.26. The van der Waals surface area contributed by atoms with Gasteiger partial charge in [0.15, 0.2) is 5.78 Å². The molecule has 0 radical (unpaired) electrons. The molecule has 2 heterocycles. The molecule has 1 aromatic heterocycles. The van der Waals surface area contributed by atoms with Crippen LogP contribution in [0, 0.1) is 0 Å². The van der Waals surface area contributed by atoms with Gasteiger partial charge < -0.3 is 9.64 Å². The fourth-order valence-corrected chi connectivity index (χ4v) is 3.96. The molecule has 0 atom stereocenters. The van der Waals surface area contributed by atoms with Gasteiger partial charge in [0.05, 0.1) is 18.4 Å². The molecule has 0 bridgehead atoms. The van der Waals surface area contributed by atoms with Crippen LogP contribution in [0.15, 0.2) is 48.5 Å². The Bertz CT molecular complexity index is 1090. The van der Waals surface area contributed by atoms with E-state index in [1.54, 1.807) is 23.1 Å². The van der Waals surface area contributed by atoms with Gasteiger partial charge in [-0.2, -0.15) is 5.10 Å². The van der Waals surface area contributed by atoms with Gasteiger partial charge in [-0.05, 0) is 24.3 Å². The van der Waals surface area contributed by atoms with Crippen molar-refractivity contribution in [1.82, 2.24) is 15.1 Å². The predicted octanol–water partition coefficient (Wildman–Crippen LogP) is 4.29. The summed E-state index contributed by atoms with van der Waals surface area (Å²) in [5, 5.41) is 8.18. The molecule has 3 aromatic rings. The molecular formula is C23H22ClN3O3. The Hall–Kier alpha value is -3.12. The summed E-state index contributed by atoms with van der Waals surface area (Å²) in [5.74, 6) is 0.394. The average Bonchev–Trinajstić information content (AvgIpc) is 3.20. The Balaban J connectivity index is 1.44. The number of nitrogens with one attached hydrogen (secondary N) is 1. The van der Waals surface area contributed by atoms with Crippen molar-refractivity contribution < 1.29 is 14.3 Å². The highest BCUT2D eigenvalue weighted by molar-refractivity contribution is 6.30. The predicted molar refractivity (Wildman–Crippen MR) is 115 cm³/mol. The molecule has 0 fully saturated rings. The first kappa shape index (κ1) is 20.2. The smallest absolute Gasteiger partial charge is 0.223 e. The van der Waals surface area contributed by atoms with Gasteiger partial charge in [-0.15, -0.1) is 0 Å². The summed E-state index contributed by atoms with van der Waals surface area (Å²) in [5.41, 5.74) is 4.29. The summed E-state index contributed by atoms with van der Waals surface area (Å²) in [7, 11) is 1.53. The Morgan fingerprint density at radius 1 is 1.17 bits per heavy atom. The Kier molecular flexibility index (Phi) is 5.86. The first-order valence-electron chi connectivity index (χ1n) is 9.83. The van der Waals surface area contributed by atoms with E-state index in [1.807, 2.05) is 30.3 Å². The van der Waals surface area contributed by atoms with Gasteiger partial charge >= 0.3 is 0 Å². The van der Waals surface area contributed by atoms with Gasteiger partial charge in [-0.3, -0.25) is 14.7 Å². The van der Waals surface area contributed by atoms with Gasteiger partial charge in [0.25, 0.3) is 0 Å². The summed E-state index contributed by atoms with van der Waals surface area (Å²) in [4.78, 5) is 27.2. The summed E-state index contributed by atoms with van der Waals surface area (Å²) in [6.07, 6.45) is 1.01. The molecule has 0 aliphatic carbocycles. The lowest BCUT2D eigenvalue weighted by Crippen LogP contribution is -2.36. The molecule has 0 unspecified atom stereocenters. The zero-order valence-corrected chi connectivity index (χ0v) is 17.4. The molecule has 0 spiro atoms. The minimum Gasteiger partial charge on any atom is -0.496 e. The van der Waals surface area contributed by atoms with Crippen molar-refractivity contribution in [3.8, 4) is 17.0 Å². The third kappa shape index (κ3) is 4.09. The largest absolute Gasteiger partial charge is 0.496 e. The van der Waals surface area contributed by atoms with E-state index >= 15 is 0 Å². The molecular weight excluding hydrogens is 402 g/mol. The number of benzene rings is 2. The van der Waals surface area contributed by atoms with Crippen LogP contribution in [0.1, 0.15) is 34.5 Å². The summed E-state index contributed by atoms with van der Waals surface area (Å²) < 4.78 is 5.25. The van der Waals surface area contributed by atoms with Crippen LogP contribution in [0.4, 0.5) is 0 Å². The zero-order chi connectivity index (χ0) is 21.1. The number of aromatic nitrogens is 2. The standard InChI is InChI=1S/C23H22ClN3O3/c1-30-21-8-3-2-7-17(21)20(28)9-10-22(29)27-12-11-19-18(14-27)23(26-25-19)15-5-4-6-16(24)13-15/h2-8,13H,9-12,14H2,1H3,(H,25,26).